The van der Waals surface area contributed by atoms with Crippen LogP contribution in [0.1, 0.15) is 45.3 Å². The number of oxime groups is 1. The Morgan fingerprint density at radius 2 is 2.26 bits per heavy atom. The smallest absolute Gasteiger partial charge is 0.144 e. The van der Waals surface area contributed by atoms with Gasteiger partial charge in [0.05, 0.1) is 5.69 Å². The second-order valence-corrected chi connectivity index (χ2v) is 5.40. The van der Waals surface area contributed by atoms with Crippen molar-refractivity contribution in [3.8, 4) is 0 Å². The van der Waals surface area contributed by atoms with Crippen molar-refractivity contribution in [2.75, 3.05) is 6.54 Å². The molecule has 0 fully saturated rings. The highest BCUT2D eigenvalue weighted by molar-refractivity contribution is 5.85. The number of rotatable bonds is 7. The number of nitrogens with two attached hydrogens (primary N) is 1. The fourth-order valence-corrected chi connectivity index (χ4v) is 1.85. The first-order valence-electron chi connectivity index (χ1n) is 6.59. The van der Waals surface area contributed by atoms with Crippen molar-refractivity contribution in [3.05, 3.63) is 30.1 Å². The molecule has 5 heteroatoms. The molecule has 1 aromatic heterocycles. The molecule has 4 N–H and O–H groups in total. The van der Waals surface area contributed by atoms with Crippen LogP contribution in [0.25, 0.3) is 0 Å². The van der Waals surface area contributed by atoms with Gasteiger partial charge in [-0.05, 0) is 38.4 Å². The van der Waals surface area contributed by atoms with Crippen molar-refractivity contribution in [3.63, 3.8) is 0 Å². The maximum Gasteiger partial charge on any atom is 0.144 e. The molecule has 0 amide bonds. The van der Waals surface area contributed by atoms with Gasteiger partial charge in [-0.3, -0.25) is 4.98 Å². The first kappa shape index (κ1) is 15.4. The Bertz CT molecular complexity index is 403. The summed E-state index contributed by atoms with van der Waals surface area (Å²) in [5.74, 6) is 0.283. The van der Waals surface area contributed by atoms with Gasteiger partial charge in [0.2, 0.25) is 0 Å². The summed E-state index contributed by atoms with van der Waals surface area (Å²) in [6, 6.07) is 6.14. The zero-order valence-corrected chi connectivity index (χ0v) is 11.9. The van der Waals surface area contributed by atoms with E-state index in [2.05, 4.69) is 22.4 Å². The number of nitrogens with one attached hydrogen (secondary N) is 1. The molecule has 0 aromatic carbocycles. The number of hydrogen-bond donors (Lipinski definition) is 3. The third kappa shape index (κ3) is 4.87. The maximum atomic E-state index is 8.70. The van der Waals surface area contributed by atoms with E-state index >= 15 is 0 Å². The molecule has 0 aliphatic carbocycles. The molecule has 0 bridgehead atoms. The minimum atomic E-state index is -0.273. The SMILES string of the molecule is CC(NCCCC(C)(C)C(N)=NO)c1ccccn1. The molecule has 1 aromatic rings. The van der Waals surface area contributed by atoms with Crippen LogP contribution in [-0.4, -0.2) is 22.6 Å². The largest absolute Gasteiger partial charge is 0.409 e. The van der Waals surface area contributed by atoms with Crippen LogP contribution in [0.3, 0.4) is 0 Å². The highest BCUT2D eigenvalue weighted by atomic mass is 16.4. The van der Waals surface area contributed by atoms with Crippen LogP contribution >= 0.6 is 0 Å². The lowest BCUT2D eigenvalue weighted by Gasteiger charge is -2.23. The van der Waals surface area contributed by atoms with Crippen LogP contribution in [0, 0.1) is 5.41 Å². The molecule has 19 heavy (non-hydrogen) atoms. The predicted molar refractivity (Wildman–Crippen MR) is 77.1 cm³/mol. The quantitative estimate of drug-likeness (QED) is 0.232. The fourth-order valence-electron chi connectivity index (χ4n) is 1.85. The van der Waals surface area contributed by atoms with E-state index in [-0.39, 0.29) is 17.3 Å². The Balaban J connectivity index is 2.32. The Labute approximate surface area is 114 Å². The van der Waals surface area contributed by atoms with E-state index < -0.39 is 0 Å². The first-order chi connectivity index (χ1) is 8.97. The average molecular weight is 264 g/mol. The summed E-state index contributed by atoms with van der Waals surface area (Å²) >= 11 is 0. The van der Waals surface area contributed by atoms with E-state index in [0.717, 1.165) is 25.1 Å². The van der Waals surface area contributed by atoms with E-state index in [1.807, 2.05) is 32.0 Å². The molecule has 5 nitrogen and oxygen atoms in total. The van der Waals surface area contributed by atoms with Gasteiger partial charge in [0.15, 0.2) is 0 Å². The molecule has 106 valence electrons. The van der Waals surface area contributed by atoms with Crippen LogP contribution in [0.4, 0.5) is 0 Å². The number of pyridine rings is 1. The Morgan fingerprint density at radius 1 is 1.53 bits per heavy atom. The van der Waals surface area contributed by atoms with Gasteiger partial charge in [0.25, 0.3) is 0 Å². The monoisotopic (exact) mass is 264 g/mol. The highest BCUT2D eigenvalue weighted by Gasteiger charge is 2.22. The standard InChI is InChI=1S/C14H24N4O/c1-11(12-7-4-5-9-17-12)16-10-6-8-14(2,3)13(15)18-19/h4-5,7,9,11,16,19H,6,8,10H2,1-3H3,(H2,15,18). The van der Waals surface area contributed by atoms with Gasteiger partial charge < -0.3 is 16.3 Å². The second-order valence-electron chi connectivity index (χ2n) is 5.40. The van der Waals surface area contributed by atoms with Gasteiger partial charge in [-0.1, -0.05) is 25.1 Å². The third-order valence-electron chi connectivity index (χ3n) is 3.36. The Morgan fingerprint density at radius 3 is 2.84 bits per heavy atom. The number of hydrogen-bond acceptors (Lipinski definition) is 4. The maximum absolute atomic E-state index is 8.70. The van der Waals surface area contributed by atoms with Gasteiger partial charge in [0, 0.05) is 17.7 Å². The molecular formula is C14H24N4O. The normalized spacial score (nSPS) is 14.4. The molecule has 1 unspecified atom stereocenters. The van der Waals surface area contributed by atoms with Crippen LogP contribution in [0.15, 0.2) is 29.6 Å². The van der Waals surface area contributed by atoms with E-state index in [0.29, 0.717) is 0 Å². The molecule has 0 aliphatic heterocycles. The Hall–Kier alpha value is -1.62. The molecule has 0 saturated heterocycles. The number of amidine groups is 1. The minimum absolute atomic E-state index is 0.230. The van der Waals surface area contributed by atoms with E-state index in [9.17, 15) is 0 Å². The molecule has 1 heterocycles. The van der Waals surface area contributed by atoms with Crippen molar-refractivity contribution in [1.82, 2.24) is 10.3 Å². The van der Waals surface area contributed by atoms with Gasteiger partial charge in [0.1, 0.15) is 5.84 Å². The van der Waals surface area contributed by atoms with Crippen LogP contribution in [0.5, 0.6) is 0 Å². The van der Waals surface area contributed by atoms with Gasteiger partial charge in [-0.2, -0.15) is 0 Å². The summed E-state index contributed by atoms with van der Waals surface area (Å²) < 4.78 is 0. The van der Waals surface area contributed by atoms with Crippen molar-refractivity contribution >= 4 is 5.84 Å². The lowest BCUT2D eigenvalue weighted by atomic mass is 9.86. The summed E-state index contributed by atoms with van der Waals surface area (Å²) in [6.07, 6.45) is 3.63. The van der Waals surface area contributed by atoms with Gasteiger partial charge in [-0.15, -0.1) is 0 Å². The van der Waals surface area contributed by atoms with Crippen LogP contribution in [-0.2, 0) is 0 Å². The summed E-state index contributed by atoms with van der Waals surface area (Å²) in [5.41, 5.74) is 6.42. The number of nitrogens with zero attached hydrogens (tertiary/aromatic N) is 2. The molecule has 0 radical (unpaired) electrons. The van der Waals surface area contributed by atoms with E-state index in [4.69, 9.17) is 10.9 Å². The highest BCUT2D eigenvalue weighted by Crippen LogP contribution is 2.22. The molecule has 0 spiro atoms. The summed E-state index contributed by atoms with van der Waals surface area (Å²) in [6.45, 7) is 6.92. The molecular weight excluding hydrogens is 240 g/mol. The average Bonchev–Trinajstić information content (AvgIpc) is 2.43. The third-order valence-corrected chi connectivity index (χ3v) is 3.36. The van der Waals surface area contributed by atoms with Crippen molar-refractivity contribution in [2.45, 2.75) is 39.7 Å². The summed E-state index contributed by atoms with van der Waals surface area (Å²) in [5, 5.41) is 15.2. The van der Waals surface area contributed by atoms with E-state index in [1.54, 1.807) is 6.20 Å². The Kier molecular flexibility index (Phi) is 5.76. The fraction of sp³-hybridized carbons (Fsp3) is 0.571. The van der Waals surface area contributed by atoms with Crippen molar-refractivity contribution in [1.29, 1.82) is 0 Å². The lowest BCUT2D eigenvalue weighted by Crippen LogP contribution is -2.33. The van der Waals surface area contributed by atoms with Gasteiger partial charge >= 0.3 is 0 Å². The van der Waals surface area contributed by atoms with Crippen LogP contribution < -0.4 is 11.1 Å². The minimum Gasteiger partial charge on any atom is -0.409 e. The van der Waals surface area contributed by atoms with Gasteiger partial charge in [-0.25, -0.2) is 0 Å². The summed E-state index contributed by atoms with van der Waals surface area (Å²) in [7, 11) is 0. The zero-order valence-electron chi connectivity index (χ0n) is 11.9. The van der Waals surface area contributed by atoms with E-state index in [1.165, 1.54) is 0 Å². The molecule has 1 atom stereocenters. The second kappa shape index (κ2) is 7.09. The summed E-state index contributed by atoms with van der Waals surface area (Å²) in [4.78, 5) is 4.31. The lowest BCUT2D eigenvalue weighted by molar-refractivity contribution is 0.304. The molecule has 0 aliphatic rings. The molecule has 1 rings (SSSR count). The predicted octanol–water partition coefficient (Wildman–Crippen LogP) is 2.29. The number of aromatic nitrogens is 1. The van der Waals surface area contributed by atoms with Crippen molar-refractivity contribution < 1.29 is 5.21 Å². The zero-order chi connectivity index (χ0) is 14.3. The molecule has 0 saturated carbocycles. The topological polar surface area (TPSA) is 83.5 Å². The first-order valence-corrected chi connectivity index (χ1v) is 6.59. The van der Waals surface area contributed by atoms with Crippen molar-refractivity contribution in [2.24, 2.45) is 16.3 Å². The van der Waals surface area contributed by atoms with Crippen LogP contribution in [0.2, 0.25) is 0 Å².